The van der Waals surface area contributed by atoms with Crippen molar-refractivity contribution in [2.24, 2.45) is 5.92 Å². The minimum absolute atomic E-state index is 0.0355. The molecule has 1 aromatic heterocycles. The van der Waals surface area contributed by atoms with Gasteiger partial charge >= 0.3 is 0 Å². The van der Waals surface area contributed by atoms with Gasteiger partial charge in [-0.1, -0.05) is 0 Å². The summed E-state index contributed by atoms with van der Waals surface area (Å²) in [6.45, 7) is 3.49. The second kappa shape index (κ2) is 4.51. The summed E-state index contributed by atoms with van der Waals surface area (Å²) in [7, 11) is 0. The zero-order valence-corrected chi connectivity index (χ0v) is 9.39. The van der Waals surface area contributed by atoms with Crippen LogP contribution in [0.5, 0.6) is 5.75 Å². The second-order valence-corrected chi connectivity index (χ2v) is 4.22. The lowest BCUT2D eigenvalue weighted by Gasteiger charge is -2.20. The predicted molar refractivity (Wildman–Crippen MR) is 60.2 cm³/mol. The average Bonchev–Trinajstić information content (AvgIpc) is 3.09. The number of aromatic nitrogens is 1. The van der Waals surface area contributed by atoms with Crippen LogP contribution in [0.3, 0.4) is 0 Å². The Hall–Kier alpha value is -1.58. The zero-order valence-electron chi connectivity index (χ0n) is 9.39. The van der Waals surface area contributed by atoms with Gasteiger partial charge in [-0.15, -0.1) is 0 Å². The Bertz CT molecular complexity index is 388. The van der Waals surface area contributed by atoms with Crippen LogP contribution in [0, 0.1) is 5.92 Å². The Kier molecular flexibility index (Phi) is 3.08. The summed E-state index contributed by atoms with van der Waals surface area (Å²) >= 11 is 0. The van der Waals surface area contributed by atoms with E-state index in [1.54, 1.807) is 0 Å². The Labute approximate surface area is 94.9 Å². The molecular weight excluding hydrogens is 204 g/mol. The van der Waals surface area contributed by atoms with E-state index in [2.05, 4.69) is 4.98 Å². The maximum atomic E-state index is 12.1. The summed E-state index contributed by atoms with van der Waals surface area (Å²) in [5.74, 6) is 0.667. The van der Waals surface area contributed by atoms with Crippen molar-refractivity contribution in [1.29, 1.82) is 0 Å². The quantitative estimate of drug-likeness (QED) is 0.839. The van der Waals surface area contributed by atoms with Crippen molar-refractivity contribution in [3.05, 3.63) is 24.0 Å². The van der Waals surface area contributed by atoms with E-state index in [4.69, 9.17) is 0 Å². The predicted octanol–water partition coefficient (Wildman–Crippen LogP) is 1.66. The van der Waals surface area contributed by atoms with Gasteiger partial charge in [0.25, 0.3) is 5.91 Å². The van der Waals surface area contributed by atoms with Gasteiger partial charge in [-0.05, 0) is 31.7 Å². The van der Waals surface area contributed by atoms with E-state index < -0.39 is 0 Å². The molecule has 1 amide bonds. The monoisotopic (exact) mass is 220 g/mol. The minimum Gasteiger partial charge on any atom is -0.506 e. The Morgan fingerprint density at radius 1 is 1.56 bits per heavy atom. The second-order valence-electron chi connectivity index (χ2n) is 4.22. The molecule has 4 nitrogen and oxygen atoms in total. The smallest absolute Gasteiger partial charge is 0.255 e. The highest BCUT2D eigenvalue weighted by Gasteiger charge is 2.26. The lowest BCUT2D eigenvalue weighted by Crippen LogP contribution is -2.32. The molecule has 4 heteroatoms. The van der Waals surface area contributed by atoms with Gasteiger partial charge in [-0.3, -0.25) is 9.78 Å². The fourth-order valence-corrected chi connectivity index (χ4v) is 1.70. The van der Waals surface area contributed by atoms with Crippen molar-refractivity contribution in [3.8, 4) is 5.75 Å². The van der Waals surface area contributed by atoms with Gasteiger partial charge < -0.3 is 10.0 Å². The Morgan fingerprint density at radius 2 is 2.31 bits per heavy atom. The number of carbonyl (C=O) groups is 1. The summed E-state index contributed by atoms with van der Waals surface area (Å²) in [6, 6.07) is 1.46. The van der Waals surface area contributed by atoms with Gasteiger partial charge in [-0.2, -0.15) is 0 Å². The number of aromatic hydroxyl groups is 1. The van der Waals surface area contributed by atoms with Crippen molar-refractivity contribution in [3.63, 3.8) is 0 Å². The molecule has 0 atom stereocenters. The van der Waals surface area contributed by atoms with Crippen LogP contribution in [-0.2, 0) is 0 Å². The topological polar surface area (TPSA) is 53.4 Å². The first-order valence-corrected chi connectivity index (χ1v) is 5.64. The maximum absolute atomic E-state index is 12.1. The molecule has 86 valence electrons. The molecule has 0 bridgehead atoms. The molecule has 0 unspecified atom stereocenters. The van der Waals surface area contributed by atoms with E-state index in [-0.39, 0.29) is 11.7 Å². The highest BCUT2D eigenvalue weighted by atomic mass is 16.3. The maximum Gasteiger partial charge on any atom is 0.255 e. The van der Waals surface area contributed by atoms with E-state index in [1.807, 2.05) is 11.8 Å². The van der Waals surface area contributed by atoms with E-state index in [0.717, 1.165) is 6.54 Å². The molecule has 1 N–H and O–H groups in total. The largest absolute Gasteiger partial charge is 0.506 e. The highest BCUT2D eigenvalue weighted by molar-refractivity contribution is 5.94. The third-order valence-corrected chi connectivity index (χ3v) is 2.82. The fourth-order valence-electron chi connectivity index (χ4n) is 1.70. The number of hydrogen-bond donors (Lipinski definition) is 1. The van der Waals surface area contributed by atoms with Gasteiger partial charge in [0.2, 0.25) is 0 Å². The number of amides is 1. The van der Waals surface area contributed by atoms with Crippen LogP contribution in [0.4, 0.5) is 0 Å². The summed E-state index contributed by atoms with van der Waals surface area (Å²) < 4.78 is 0. The third-order valence-electron chi connectivity index (χ3n) is 2.82. The van der Waals surface area contributed by atoms with E-state index in [0.29, 0.717) is 18.0 Å². The molecule has 0 aliphatic heterocycles. The van der Waals surface area contributed by atoms with E-state index in [9.17, 15) is 9.90 Å². The van der Waals surface area contributed by atoms with Crippen LogP contribution in [0.25, 0.3) is 0 Å². The molecule has 0 aromatic carbocycles. The summed E-state index contributed by atoms with van der Waals surface area (Å²) in [4.78, 5) is 17.7. The number of pyridine rings is 1. The van der Waals surface area contributed by atoms with Gasteiger partial charge in [0, 0.05) is 19.3 Å². The van der Waals surface area contributed by atoms with Gasteiger partial charge in [0.15, 0.2) is 0 Å². The standard InChI is InChI=1S/C12H16N2O2/c1-2-14(8-9-3-4-9)12(16)10-5-11(15)7-13-6-10/h5-7,9,15H,2-4,8H2,1H3. The molecule has 1 aliphatic rings. The number of rotatable bonds is 4. The van der Waals surface area contributed by atoms with Crippen molar-refractivity contribution in [2.75, 3.05) is 13.1 Å². The Morgan fingerprint density at radius 3 is 2.88 bits per heavy atom. The Balaban J connectivity index is 2.09. The third kappa shape index (κ3) is 2.51. The summed E-state index contributed by atoms with van der Waals surface area (Å²) in [5.41, 5.74) is 0.461. The van der Waals surface area contributed by atoms with Crippen molar-refractivity contribution >= 4 is 5.91 Å². The first-order valence-electron chi connectivity index (χ1n) is 5.64. The molecule has 1 aliphatic carbocycles. The van der Waals surface area contributed by atoms with E-state index in [1.165, 1.54) is 31.3 Å². The average molecular weight is 220 g/mol. The van der Waals surface area contributed by atoms with Crippen LogP contribution in [-0.4, -0.2) is 34.0 Å². The van der Waals surface area contributed by atoms with Crippen LogP contribution < -0.4 is 0 Å². The molecule has 1 heterocycles. The molecule has 1 aromatic rings. The fraction of sp³-hybridized carbons (Fsp3) is 0.500. The molecular formula is C12H16N2O2. The van der Waals surface area contributed by atoms with Crippen molar-refractivity contribution in [1.82, 2.24) is 9.88 Å². The van der Waals surface area contributed by atoms with Crippen LogP contribution >= 0.6 is 0 Å². The first kappa shape index (κ1) is 10.9. The molecule has 1 fully saturated rings. The molecule has 0 radical (unpaired) electrons. The van der Waals surface area contributed by atoms with Crippen LogP contribution in [0.2, 0.25) is 0 Å². The molecule has 1 saturated carbocycles. The minimum atomic E-state index is -0.0437. The molecule has 0 saturated heterocycles. The lowest BCUT2D eigenvalue weighted by atomic mass is 10.2. The van der Waals surface area contributed by atoms with Crippen molar-refractivity contribution < 1.29 is 9.90 Å². The highest BCUT2D eigenvalue weighted by Crippen LogP contribution is 2.30. The summed E-state index contributed by atoms with van der Waals surface area (Å²) in [5, 5.41) is 9.28. The number of nitrogens with zero attached hydrogens (tertiary/aromatic N) is 2. The normalized spacial score (nSPS) is 14.8. The number of carbonyl (C=O) groups excluding carboxylic acids is 1. The van der Waals surface area contributed by atoms with Gasteiger partial charge in [0.1, 0.15) is 5.75 Å². The van der Waals surface area contributed by atoms with Crippen LogP contribution in [0.15, 0.2) is 18.5 Å². The lowest BCUT2D eigenvalue weighted by molar-refractivity contribution is 0.0756. The molecule has 16 heavy (non-hydrogen) atoms. The van der Waals surface area contributed by atoms with Gasteiger partial charge in [-0.25, -0.2) is 0 Å². The zero-order chi connectivity index (χ0) is 11.5. The first-order chi connectivity index (χ1) is 7.70. The molecule has 0 spiro atoms. The van der Waals surface area contributed by atoms with E-state index >= 15 is 0 Å². The summed E-state index contributed by atoms with van der Waals surface area (Å²) in [6.07, 6.45) is 5.27. The van der Waals surface area contributed by atoms with Crippen LogP contribution in [0.1, 0.15) is 30.1 Å². The number of hydrogen-bond acceptors (Lipinski definition) is 3. The van der Waals surface area contributed by atoms with Gasteiger partial charge in [0.05, 0.1) is 11.8 Å². The van der Waals surface area contributed by atoms with Crippen molar-refractivity contribution in [2.45, 2.75) is 19.8 Å². The molecule has 2 rings (SSSR count). The SMILES string of the molecule is CCN(CC1CC1)C(=O)c1cncc(O)c1.